The van der Waals surface area contributed by atoms with E-state index in [4.69, 9.17) is 14.4 Å². The van der Waals surface area contributed by atoms with E-state index >= 15 is 0 Å². The molecule has 0 atom stereocenters. The summed E-state index contributed by atoms with van der Waals surface area (Å²) in [4.78, 5) is 16.5. The van der Waals surface area contributed by atoms with Gasteiger partial charge in [-0.05, 0) is 60.7 Å². The van der Waals surface area contributed by atoms with Crippen molar-refractivity contribution in [1.82, 2.24) is 4.98 Å². The monoisotopic (exact) mass is 531 g/mol. The number of aromatic nitrogens is 1. The van der Waals surface area contributed by atoms with E-state index in [1.54, 1.807) is 41.8 Å². The van der Waals surface area contributed by atoms with Gasteiger partial charge in [-0.2, -0.15) is 10.5 Å². The zero-order chi connectivity index (χ0) is 26.3. The highest BCUT2D eigenvalue weighted by Crippen LogP contribution is 2.21. The van der Waals surface area contributed by atoms with Crippen LogP contribution in [0.15, 0.2) is 87.1 Å². The molecular formula is C25H17N5O5S2. The number of amides is 1. The molecule has 0 saturated carbocycles. The summed E-state index contributed by atoms with van der Waals surface area (Å²) in [6, 6.07) is 19.2. The number of nitrogens with one attached hydrogen (secondary N) is 2. The number of thiazole rings is 1. The van der Waals surface area contributed by atoms with Gasteiger partial charge in [0, 0.05) is 23.3 Å². The van der Waals surface area contributed by atoms with E-state index in [0.29, 0.717) is 22.8 Å². The van der Waals surface area contributed by atoms with Gasteiger partial charge in [0.15, 0.2) is 5.13 Å². The largest absolute Gasteiger partial charge is 0.486 e. The van der Waals surface area contributed by atoms with Crippen LogP contribution in [0.1, 0.15) is 17.1 Å². The molecule has 2 aromatic carbocycles. The number of nitrogens with zero attached hydrogens (tertiary/aromatic N) is 3. The quantitative estimate of drug-likeness (QED) is 0.235. The predicted molar refractivity (Wildman–Crippen MR) is 136 cm³/mol. The topological polar surface area (TPSA) is 158 Å². The molecule has 0 saturated heterocycles. The van der Waals surface area contributed by atoms with Gasteiger partial charge >= 0.3 is 0 Å². The molecular weight excluding hydrogens is 514 g/mol. The Bertz CT molecular complexity index is 1610. The number of ether oxygens (including phenoxy) is 1. The van der Waals surface area contributed by atoms with E-state index in [2.05, 4.69) is 15.0 Å². The number of hydrogen-bond acceptors (Lipinski definition) is 9. The maximum absolute atomic E-state index is 12.6. The lowest BCUT2D eigenvalue weighted by atomic mass is 10.2. The summed E-state index contributed by atoms with van der Waals surface area (Å²) in [5.41, 5.74) is 0.608. The minimum absolute atomic E-state index is 0.0110. The molecule has 2 heterocycles. The van der Waals surface area contributed by atoms with Crippen LogP contribution in [0.3, 0.4) is 0 Å². The lowest BCUT2D eigenvalue weighted by Crippen LogP contribution is -2.15. The number of furan rings is 1. The predicted octanol–water partition coefficient (Wildman–Crippen LogP) is 4.53. The lowest BCUT2D eigenvalue weighted by molar-refractivity contribution is -0.112. The summed E-state index contributed by atoms with van der Waals surface area (Å²) in [5, 5.41) is 22.7. The van der Waals surface area contributed by atoms with Gasteiger partial charge in [0.25, 0.3) is 15.9 Å². The standard InChI is InChI=1S/C25H17N5O5S2/c26-14-17-1-5-20(6-2-17)34-16-22-8-7-21(35-22)13-18(15-27)24(31)29-19-3-9-23(10-4-19)37(32,33)30-25-28-11-12-36-25/h1-13H,16H2,(H,28,30)(H,29,31)/b18-13+. The van der Waals surface area contributed by atoms with E-state index in [1.165, 1.54) is 36.5 Å². The van der Waals surface area contributed by atoms with E-state index in [-0.39, 0.29) is 28.0 Å². The van der Waals surface area contributed by atoms with Crippen molar-refractivity contribution in [3.05, 3.63) is 94.9 Å². The van der Waals surface area contributed by atoms with E-state index in [9.17, 15) is 18.5 Å². The normalized spacial score (nSPS) is 11.2. The minimum Gasteiger partial charge on any atom is -0.486 e. The van der Waals surface area contributed by atoms with Crippen molar-refractivity contribution in [3.8, 4) is 17.9 Å². The Morgan fingerprint density at radius 3 is 2.49 bits per heavy atom. The molecule has 0 unspecified atom stereocenters. The van der Waals surface area contributed by atoms with Crippen LogP contribution in [0.2, 0.25) is 0 Å². The van der Waals surface area contributed by atoms with Gasteiger partial charge in [0.05, 0.1) is 16.5 Å². The summed E-state index contributed by atoms with van der Waals surface area (Å²) in [6.45, 7) is 0.112. The molecule has 1 amide bonds. The molecule has 0 aliphatic rings. The fourth-order valence-corrected chi connectivity index (χ4v) is 4.77. The number of hydrogen-bond donors (Lipinski definition) is 2. The molecule has 0 radical (unpaired) electrons. The molecule has 4 rings (SSSR count). The maximum Gasteiger partial charge on any atom is 0.266 e. The van der Waals surface area contributed by atoms with Crippen molar-refractivity contribution in [2.45, 2.75) is 11.5 Å². The van der Waals surface area contributed by atoms with Crippen LogP contribution >= 0.6 is 11.3 Å². The number of rotatable bonds is 9. The first kappa shape index (κ1) is 25.2. The molecule has 12 heteroatoms. The lowest BCUT2D eigenvalue weighted by Gasteiger charge is -2.07. The van der Waals surface area contributed by atoms with Crippen molar-refractivity contribution in [2.24, 2.45) is 0 Å². The third-order valence-corrected chi connectivity index (χ3v) is 6.95. The average molecular weight is 532 g/mol. The fourth-order valence-electron chi connectivity index (χ4n) is 2.98. The van der Waals surface area contributed by atoms with Crippen LogP contribution in [0.4, 0.5) is 10.8 Å². The van der Waals surface area contributed by atoms with Crippen LogP contribution < -0.4 is 14.8 Å². The van der Waals surface area contributed by atoms with Gasteiger partial charge in [0.1, 0.15) is 35.5 Å². The van der Waals surface area contributed by atoms with Gasteiger partial charge in [-0.3, -0.25) is 9.52 Å². The van der Waals surface area contributed by atoms with E-state index in [0.717, 1.165) is 11.3 Å². The molecule has 0 bridgehead atoms. The van der Waals surface area contributed by atoms with Gasteiger partial charge in [-0.15, -0.1) is 11.3 Å². The second-order valence-electron chi connectivity index (χ2n) is 7.32. The number of anilines is 2. The second kappa shape index (κ2) is 11.2. The number of benzene rings is 2. The molecule has 0 spiro atoms. The first-order valence-electron chi connectivity index (χ1n) is 10.5. The molecule has 10 nitrogen and oxygen atoms in total. The number of sulfonamides is 1. The number of carbonyl (C=O) groups is 1. The molecule has 37 heavy (non-hydrogen) atoms. The summed E-state index contributed by atoms with van der Waals surface area (Å²) in [6.07, 6.45) is 2.77. The Kier molecular flexibility index (Phi) is 7.64. The zero-order valence-corrected chi connectivity index (χ0v) is 20.5. The van der Waals surface area contributed by atoms with Crippen LogP contribution in [0.5, 0.6) is 5.75 Å². The third-order valence-electron chi connectivity index (χ3n) is 4.78. The Morgan fingerprint density at radius 2 is 1.84 bits per heavy atom. The van der Waals surface area contributed by atoms with Crippen molar-refractivity contribution < 1.29 is 22.4 Å². The summed E-state index contributed by atoms with van der Waals surface area (Å²) in [5.74, 6) is 0.615. The van der Waals surface area contributed by atoms with Gasteiger partial charge in [0.2, 0.25) is 0 Å². The van der Waals surface area contributed by atoms with Crippen molar-refractivity contribution in [2.75, 3.05) is 10.0 Å². The van der Waals surface area contributed by atoms with Crippen molar-refractivity contribution >= 4 is 44.2 Å². The maximum atomic E-state index is 12.6. The summed E-state index contributed by atoms with van der Waals surface area (Å²) >= 11 is 1.15. The van der Waals surface area contributed by atoms with Gasteiger partial charge in [-0.25, -0.2) is 13.4 Å². The zero-order valence-electron chi connectivity index (χ0n) is 18.9. The highest BCUT2D eigenvalue weighted by Gasteiger charge is 2.16. The number of carbonyl (C=O) groups excluding carboxylic acids is 1. The molecule has 0 aliphatic carbocycles. The SMILES string of the molecule is N#C/C(=C\c1ccc(COc2ccc(C#N)cc2)o1)C(=O)Nc1ccc(S(=O)(=O)Nc2nccs2)cc1. The Balaban J connectivity index is 1.37. The Morgan fingerprint density at radius 1 is 1.08 bits per heavy atom. The molecule has 2 aromatic heterocycles. The van der Waals surface area contributed by atoms with Crippen LogP contribution in [0.25, 0.3) is 6.08 Å². The van der Waals surface area contributed by atoms with Crippen LogP contribution in [-0.4, -0.2) is 19.3 Å². The minimum atomic E-state index is -3.83. The summed E-state index contributed by atoms with van der Waals surface area (Å²) in [7, 11) is -3.83. The fraction of sp³-hybridized carbons (Fsp3) is 0.0400. The highest BCUT2D eigenvalue weighted by molar-refractivity contribution is 7.93. The van der Waals surface area contributed by atoms with E-state index in [1.807, 2.05) is 12.1 Å². The van der Waals surface area contributed by atoms with Crippen LogP contribution in [0, 0.1) is 22.7 Å². The van der Waals surface area contributed by atoms with Crippen molar-refractivity contribution in [3.63, 3.8) is 0 Å². The average Bonchev–Trinajstić information content (AvgIpc) is 3.58. The first-order chi connectivity index (χ1) is 17.9. The van der Waals surface area contributed by atoms with Gasteiger partial charge in [-0.1, -0.05) is 0 Å². The molecule has 2 N–H and O–H groups in total. The number of nitriles is 2. The van der Waals surface area contributed by atoms with Gasteiger partial charge < -0.3 is 14.5 Å². The molecule has 4 aromatic rings. The Hall–Kier alpha value is -4.91. The van der Waals surface area contributed by atoms with Crippen molar-refractivity contribution in [1.29, 1.82) is 10.5 Å². The highest BCUT2D eigenvalue weighted by atomic mass is 32.2. The molecule has 0 fully saturated rings. The van der Waals surface area contributed by atoms with Crippen LogP contribution in [-0.2, 0) is 21.4 Å². The third kappa shape index (κ3) is 6.61. The molecule has 184 valence electrons. The second-order valence-corrected chi connectivity index (χ2v) is 9.90. The smallest absolute Gasteiger partial charge is 0.266 e. The Labute approximate surface area is 216 Å². The first-order valence-corrected chi connectivity index (χ1v) is 12.9. The summed E-state index contributed by atoms with van der Waals surface area (Å²) < 4.78 is 38.4. The molecule has 0 aliphatic heterocycles. The van der Waals surface area contributed by atoms with E-state index < -0.39 is 15.9 Å².